The lowest BCUT2D eigenvalue weighted by Gasteiger charge is -2.50. The average Bonchev–Trinajstić information content (AvgIpc) is 3.16. The Bertz CT molecular complexity index is 1360. The first-order valence-electron chi connectivity index (χ1n) is 10.6. The molecule has 5 rings (SSSR count). The van der Waals surface area contributed by atoms with E-state index in [9.17, 15) is 9.59 Å². The molecule has 0 bridgehead atoms. The fraction of sp³-hybridized carbons (Fsp3) is 0.200. The highest BCUT2D eigenvalue weighted by molar-refractivity contribution is 7.21. The molecule has 3 N–H and O–H groups in total. The van der Waals surface area contributed by atoms with E-state index < -0.39 is 5.54 Å². The van der Waals surface area contributed by atoms with Crippen molar-refractivity contribution in [2.24, 2.45) is 0 Å². The molecular formula is C25H23N5O2S. The number of nitrogens with zero attached hydrogens (tertiary/aromatic N) is 3. The SMILES string of the molecule is Cc1nnc2sc(C(=O)N3CC(NC(=O)c4ccccc4)(c4ccccc4)C3)c(N)c2c1C. The number of hydrogen-bond acceptors (Lipinski definition) is 6. The quantitative estimate of drug-likeness (QED) is 0.487. The molecule has 2 aromatic carbocycles. The Morgan fingerprint density at radius 2 is 1.64 bits per heavy atom. The number of carbonyl (C=O) groups is 2. The minimum Gasteiger partial charge on any atom is -0.397 e. The Kier molecular flexibility index (Phi) is 5.09. The third-order valence-electron chi connectivity index (χ3n) is 6.25. The summed E-state index contributed by atoms with van der Waals surface area (Å²) in [5.74, 6) is -0.331. The number of anilines is 1. The van der Waals surface area contributed by atoms with Gasteiger partial charge in [-0.15, -0.1) is 16.4 Å². The first kappa shape index (κ1) is 21.1. The number of likely N-dealkylation sites (tertiary alicyclic amines) is 1. The molecule has 33 heavy (non-hydrogen) atoms. The van der Waals surface area contributed by atoms with Gasteiger partial charge in [-0.2, -0.15) is 5.10 Å². The third-order valence-corrected chi connectivity index (χ3v) is 7.33. The molecule has 2 aromatic heterocycles. The normalized spacial score (nSPS) is 14.7. The third kappa shape index (κ3) is 3.52. The number of nitrogens with two attached hydrogens (primary N) is 1. The molecular weight excluding hydrogens is 434 g/mol. The van der Waals surface area contributed by atoms with Gasteiger partial charge in [0.05, 0.1) is 24.5 Å². The van der Waals surface area contributed by atoms with Gasteiger partial charge in [-0.3, -0.25) is 9.59 Å². The van der Waals surface area contributed by atoms with Gasteiger partial charge >= 0.3 is 0 Å². The zero-order chi connectivity index (χ0) is 23.2. The molecule has 7 nitrogen and oxygen atoms in total. The van der Waals surface area contributed by atoms with Crippen LogP contribution >= 0.6 is 11.3 Å². The fourth-order valence-electron chi connectivity index (χ4n) is 4.26. The van der Waals surface area contributed by atoms with Crippen LogP contribution < -0.4 is 11.1 Å². The number of benzene rings is 2. The number of amides is 2. The first-order valence-corrected chi connectivity index (χ1v) is 11.5. The molecule has 2 amide bonds. The van der Waals surface area contributed by atoms with Gasteiger partial charge < -0.3 is 16.0 Å². The summed E-state index contributed by atoms with van der Waals surface area (Å²) < 4.78 is 0. The smallest absolute Gasteiger partial charge is 0.266 e. The predicted molar refractivity (Wildman–Crippen MR) is 129 cm³/mol. The maximum atomic E-state index is 13.4. The largest absolute Gasteiger partial charge is 0.397 e. The number of aryl methyl sites for hydroxylation is 2. The molecule has 4 aromatic rings. The van der Waals surface area contributed by atoms with Crippen molar-refractivity contribution in [3.8, 4) is 0 Å². The molecule has 0 saturated carbocycles. The molecule has 0 aliphatic carbocycles. The van der Waals surface area contributed by atoms with Crippen LogP contribution in [0, 0.1) is 13.8 Å². The highest BCUT2D eigenvalue weighted by Crippen LogP contribution is 2.39. The van der Waals surface area contributed by atoms with Crippen LogP contribution in [0.2, 0.25) is 0 Å². The Morgan fingerprint density at radius 1 is 1.00 bits per heavy atom. The number of nitrogen functional groups attached to an aromatic ring is 1. The summed E-state index contributed by atoms with van der Waals surface area (Å²) in [5, 5.41) is 12.3. The molecule has 1 aliphatic rings. The average molecular weight is 458 g/mol. The monoisotopic (exact) mass is 457 g/mol. The second kappa shape index (κ2) is 7.97. The summed E-state index contributed by atoms with van der Waals surface area (Å²) >= 11 is 1.26. The highest BCUT2D eigenvalue weighted by atomic mass is 32.1. The van der Waals surface area contributed by atoms with Crippen molar-refractivity contribution < 1.29 is 9.59 Å². The first-order chi connectivity index (χ1) is 15.9. The highest BCUT2D eigenvalue weighted by Gasteiger charge is 2.48. The van der Waals surface area contributed by atoms with E-state index in [0.717, 1.165) is 22.2 Å². The van der Waals surface area contributed by atoms with Crippen LogP contribution in [0.3, 0.4) is 0 Å². The van der Waals surface area contributed by atoms with Gasteiger partial charge in [0.15, 0.2) is 0 Å². The Labute approximate surface area is 195 Å². The van der Waals surface area contributed by atoms with E-state index in [1.807, 2.05) is 62.4 Å². The van der Waals surface area contributed by atoms with Crippen molar-refractivity contribution >= 4 is 39.1 Å². The summed E-state index contributed by atoms with van der Waals surface area (Å²) in [5.41, 5.74) is 9.43. The van der Waals surface area contributed by atoms with Gasteiger partial charge in [0.25, 0.3) is 11.8 Å². The maximum Gasteiger partial charge on any atom is 0.266 e. The van der Waals surface area contributed by atoms with Gasteiger partial charge in [0.2, 0.25) is 0 Å². The zero-order valence-corrected chi connectivity index (χ0v) is 19.1. The Hall–Kier alpha value is -3.78. The Balaban J connectivity index is 1.44. The number of aromatic nitrogens is 2. The number of nitrogens with one attached hydrogen (secondary N) is 1. The molecule has 1 saturated heterocycles. The zero-order valence-electron chi connectivity index (χ0n) is 18.3. The van der Waals surface area contributed by atoms with E-state index in [4.69, 9.17) is 5.73 Å². The van der Waals surface area contributed by atoms with E-state index in [2.05, 4.69) is 15.5 Å². The van der Waals surface area contributed by atoms with Gasteiger partial charge in [0, 0.05) is 10.9 Å². The number of carbonyl (C=O) groups excluding carboxylic acids is 2. The number of thiophene rings is 1. The summed E-state index contributed by atoms with van der Waals surface area (Å²) in [6.07, 6.45) is 0. The standard InChI is InChI=1S/C25H23N5O2S/c1-15-16(2)28-29-23-19(15)20(26)21(33-23)24(32)30-13-25(14-30,18-11-7-4-8-12-18)27-22(31)17-9-5-3-6-10-17/h3-12H,13-14,26H2,1-2H3,(H,27,31). The van der Waals surface area contributed by atoms with Crippen LogP contribution in [0.15, 0.2) is 60.7 Å². The Morgan fingerprint density at radius 3 is 2.30 bits per heavy atom. The van der Waals surface area contributed by atoms with Crippen molar-refractivity contribution in [3.63, 3.8) is 0 Å². The summed E-state index contributed by atoms with van der Waals surface area (Å²) in [7, 11) is 0. The lowest BCUT2D eigenvalue weighted by atomic mass is 9.81. The van der Waals surface area contributed by atoms with Crippen molar-refractivity contribution in [2.75, 3.05) is 18.8 Å². The molecule has 0 atom stereocenters. The molecule has 166 valence electrons. The topological polar surface area (TPSA) is 101 Å². The van der Waals surface area contributed by atoms with E-state index in [1.165, 1.54) is 11.3 Å². The van der Waals surface area contributed by atoms with Crippen molar-refractivity contribution in [3.05, 3.63) is 87.9 Å². The van der Waals surface area contributed by atoms with Gasteiger partial charge in [0.1, 0.15) is 15.2 Å². The fourth-order valence-corrected chi connectivity index (χ4v) is 5.33. The lowest BCUT2D eigenvalue weighted by Crippen LogP contribution is -2.68. The molecule has 0 radical (unpaired) electrons. The van der Waals surface area contributed by atoms with Crippen molar-refractivity contribution in [1.82, 2.24) is 20.4 Å². The molecule has 8 heteroatoms. The van der Waals surface area contributed by atoms with Gasteiger partial charge in [-0.05, 0) is 37.1 Å². The van der Waals surface area contributed by atoms with Crippen LogP contribution in [0.4, 0.5) is 5.69 Å². The van der Waals surface area contributed by atoms with E-state index in [0.29, 0.717) is 34.0 Å². The van der Waals surface area contributed by atoms with E-state index in [-0.39, 0.29) is 11.8 Å². The molecule has 0 unspecified atom stereocenters. The van der Waals surface area contributed by atoms with Crippen molar-refractivity contribution in [1.29, 1.82) is 0 Å². The van der Waals surface area contributed by atoms with Crippen LogP contribution in [-0.4, -0.2) is 40.0 Å². The van der Waals surface area contributed by atoms with E-state index in [1.54, 1.807) is 17.0 Å². The minimum absolute atomic E-state index is 0.159. The summed E-state index contributed by atoms with van der Waals surface area (Å²) in [6.45, 7) is 4.52. The number of rotatable bonds is 4. The number of fused-ring (bicyclic) bond motifs is 1. The predicted octanol–water partition coefficient (Wildman–Crippen LogP) is 3.67. The van der Waals surface area contributed by atoms with E-state index >= 15 is 0 Å². The van der Waals surface area contributed by atoms with Crippen molar-refractivity contribution in [2.45, 2.75) is 19.4 Å². The van der Waals surface area contributed by atoms with Gasteiger partial charge in [-0.1, -0.05) is 48.5 Å². The molecule has 1 aliphatic heterocycles. The summed E-state index contributed by atoms with van der Waals surface area (Å²) in [4.78, 5) is 29.2. The number of hydrogen-bond donors (Lipinski definition) is 2. The summed E-state index contributed by atoms with van der Waals surface area (Å²) in [6, 6.07) is 18.8. The van der Waals surface area contributed by atoms with Crippen LogP contribution in [0.5, 0.6) is 0 Å². The maximum absolute atomic E-state index is 13.4. The lowest BCUT2D eigenvalue weighted by molar-refractivity contribution is 0.0266. The second-order valence-electron chi connectivity index (χ2n) is 8.36. The molecule has 0 spiro atoms. The van der Waals surface area contributed by atoms with Gasteiger partial charge in [-0.25, -0.2) is 0 Å². The molecule has 3 heterocycles. The van der Waals surface area contributed by atoms with Crippen LogP contribution in [0.1, 0.15) is 36.9 Å². The molecule has 1 fully saturated rings. The van der Waals surface area contributed by atoms with Crippen LogP contribution in [0.25, 0.3) is 10.2 Å². The van der Waals surface area contributed by atoms with Crippen LogP contribution in [-0.2, 0) is 5.54 Å². The second-order valence-corrected chi connectivity index (χ2v) is 9.36. The minimum atomic E-state index is -0.665.